The van der Waals surface area contributed by atoms with Crippen LogP contribution in [-0.4, -0.2) is 25.7 Å². The molecule has 0 heterocycles. The highest BCUT2D eigenvalue weighted by Gasteiger charge is 2.04. The van der Waals surface area contributed by atoms with E-state index in [1.54, 1.807) is 0 Å². The second kappa shape index (κ2) is 8.72. The second-order valence-corrected chi connectivity index (χ2v) is 4.65. The Bertz CT molecular complexity index is 169. The average Bonchev–Trinajstić information content (AvgIpc) is 2.09. The van der Waals surface area contributed by atoms with Gasteiger partial charge in [0.15, 0.2) is 0 Å². The molecule has 0 aromatic rings. The predicted octanol–water partition coefficient (Wildman–Crippen LogP) is 2.21. The monoisotopic (exact) mass is 215 g/mol. The van der Waals surface area contributed by atoms with Crippen LogP contribution in [0.15, 0.2) is 0 Å². The molecule has 90 valence electrons. The highest BCUT2D eigenvalue weighted by atomic mass is 16.5. The van der Waals surface area contributed by atoms with Crippen LogP contribution in [0.2, 0.25) is 0 Å². The molecule has 0 saturated carbocycles. The Morgan fingerprint density at radius 1 is 1.33 bits per heavy atom. The largest absolute Gasteiger partial charge is 0.381 e. The lowest BCUT2D eigenvalue weighted by Crippen LogP contribution is -2.22. The molecule has 3 nitrogen and oxygen atoms in total. The maximum absolute atomic E-state index is 10.6. The first kappa shape index (κ1) is 14.4. The van der Waals surface area contributed by atoms with Gasteiger partial charge in [0.1, 0.15) is 0 Å². The number of carbonyl (C=O) groups is 1. The minimum absolute atomic E-state index is 0.0307. The maximum Gasteiger partial charge on any atom is 0.216 e. The molecule has 0 saturated heterocycles. The summed E-state index contributed by atoms with van der Waals surface area (Å²) in [6.45, 7) is 10.5. The van der Waals surface area contributed by atoms with E-state index in [1.165, 1.54) is 13.3 Å². The fraction of sp³-hybridized carbons (Fsp3) is 0.917. The zero-order chi connectivity index (χ0) is 11.7. The predicted molar refractivity (Wildman–Crippen MR) is 62.7 cm³/mol. The zero-order valence-corrected chi connectivity index (χ0v) is 10.5. The van der Waals surface area contributed by atoms with Crippen LogP contribution in [0.3, 0.4) is 0 Å². The van der Waals surface area contributed by atoms with Crippen LogP contribution in [0.1, 0.15) is 40.5 Å². The molecular formula is C12H25NO2. The van der Waals surface area contributed by atoms with E-state index in [-0.39, 0.29) is 5.91 Å². The van der Waals surface area contributed by atoms with Gasteiger partial charge in [-0.05, 0) is 24.7 Å². The number of carbonyl (C=O) groups excluding carboxylic acids is 1. The summed E-state index contributed by atoms with van der Waals surface area (Å²) in [4.78, 5) is 10.6. The topological polar surface area (TPSA) is 38.3 Å². The van der Waals surface area contributed by atoms with Crippen molar-refractivity contribution in [3.63, 3.8) is 0 Å². The van der Waals surface area contributed by atoms with Crippen LogP contribution >= 0.6 is 0 Å². The van der Waals surface area contributed by atoms with Crippen molar-refractivity contribution in [1.29, 1.82) is 0 Å². The van der Waals surface area contributed by atoms with Crippen LogP contribution in [-0.2, 0) is 9.53 Å². The van der Waals surface area contributed by atoms with Crippen LogP contribution in [0.25, 0.3) is 0 Å². The summed E-state index contributed by atoms with van der Waals surface area (Å²) in [5, 5.41) is 2.75. The molecule has 0 spiro atoms. The van der Waals surface area contributed by atoms with E-state index in [9.17, 15) is 4.79 Å². The summed E-state index contributed by atoms with van der Waals surface area (Å²) >= 11 is 0. The molecule has 1 amide bonds. The first-order valence-corrected chi connectivity index (χ1v) is 5.84. The van der Waals surface area contributed by atoms with E-state index in [4.69, 9.17) is 4.74 Å². The quantitative estimate of drug-likeness (QED) is 0.630. The standard InChI is InChI=1S/C12H25NO2/c1-10(2)8-11(3)9-15-7-5-6-13-12(4)14/h10-11H,5-9H2,1-4H3,(H,13,14). The number of rotatable bonds is 8. The third kappa shape index (κ3) is 11.4. The molecule has 1 unspecified atom stereocenters. The molecule has 1 atom stereocenters. The molecule has 0 radical (unpaired) electrons. The third-order valence-electron chi connectivity index (χ3n) is 2.12. The van der Waals surface area contributed by atoms with Crippen LogP contribution in [0.5, 0.6) is 0 Å². The van der Waals surface area contributed by atoms with Crippen molar-refractivity contribution in [3.8, 4) is 0 Å². The highest BCUT2D eigenvalue weighted by Crippen LogP contribution is 2.10. The van der Waals surface area contributed by atoms with Crippen molar-refractivity contribution in [2.75, 3.05) is 19.8 Å². The Morgan fingerprint density at radius 2 is 2.00 bits per heavy atom. The smallest absolute Gasteiger partial charge is 0.216 e. The maximum atomic E-state index is 10.6. The molecule has 3 heteroatoms. The lowest BCUT2D eigenvalue weighted by molar-refractivity contribution is -0.119. The van der Waals surface area contributed by atoms with Gasteiger partial charge < -0.3 is 10.1 Å². The zero-order valence-electron chi connectivity index (χ0n) is 10.5. The molecule has 0 rings (SSSR count). The minimum Gasteiger partial charge on any atom is -0.381 e. The number of hydrogen-bond donors (Lipinski definition) is 1. The van der Waals surface area contributed by atoms with E-state index < -0.39 is 0 Å². The summed E-state index contributed by atoms with van der Waals surface area (Å²) in [5.74, 6) is 1.40. The number of hydrogen-bond acceptors (Lipinski definition) is 2. The first-order chi connectivity index (χ1) is 7.02. The van der Waals surface area contributed by atoms with Gasteiger partial charge in [0.25, 0.3) is 0 Å². The molecule has 0 aromatic carbocycles. The lowest BCUT2D eigenvalue weighted by Gasteiger charge is -2.14. The van der Waals surface area contributed by atoms with Gasteiger partial charge in [-0.25, -0.2) is 0 Å². The SMILES string of the molecule is CC(=O)NCCCOCC(C)CC(C)C. The van der Waals surface area contributed by atoms with E-state index in [0.717, 1.165) is 25.6 Å². The van der Waals surface area contributed by atoms with Gasteiger partial charge >= 0.3 is 0 Å². The molecule has 0 aromatic heterocycles. The minimum atomic E-state index is 0.0307. The number of ether oxygens (including phenoxy) is 1. The van der Waals surface area contributed by atoms with Crippen LogP contribution in [0, 0.1) is 11.8 Å². The molecule has 0 bridgehead atoms. The second-order valence-electron chi connectivity index (χ2n) is 4.65. The molecule has 0 aliphatic heterocycles. The van der Waals surface area contributed by atoms with E-state index in [0.29, 0.717) is 12.5 Å². The van der Waals surface area contributed by atoms with E-state index in [1.807, 2.05) is 0 Å². The van der Waals surface area contributed by atoms with Crippen LogP contribution < -0.4 is 5.32 Å². The average molecular weight is 215 g/mol. The van der Waals surface area contributed by atoms with Gasteiger partial charge in [-0.3, -0.25) is 4.79 Å². The molecule has 15 heavy (non-hydrogen) atoms. The van der Waals surface area contributed by atoms with Gasteiger partial charge in [-0.2, -0.15) is 0 Å². The lowest BCUT2D eigenvalue weighted by atomic mass is 10.00. The Morgan fingerprint density at radius 3 is 2.53 bits per heavy atom. The van der Waals surface area contributed by atoms with Gasteiger partial charge in [-0.15, -0.1) is 0 Å². The Balaban J connectivity index is 3.20. The number of amides is 1. The van der Waals surface area contributed by atoms with Crippen LogP contribution in [0.4, 0.5) is 0 Å². The van der Waals surface area contributed by atoms with Crippen molar-refractivity contribution >= 4 is 5.91 Å². The molecule has 0 fully saturated rings. The van der Waals surface area contributed by atoms with Gasteiger partial charge in [0, 0.05) is 26.7 Å². The van der Waals surface area contributed by atoms with Gasteiger partial charge in [0.05, 0.1) is 0 Å². The van der Waals surface area contributed by atoms with Crippen molar-refractivity contribution in [3.05, 3.63) is 0 Å². The normalized spacial score (nSPS) is 12.9. The van der Waals surface area contributed by atoms with Gasteiger partial charge in [-0.1, -0.05) is 20.8 Å². The van der Waals surface area contributed by atoms with E-state index in [2.05, 4.69) is 26.1 Å². The van der Waals surface area contributed by atoms with Crippen molar-refractivity contribution in [2.24, 2.45) is 11.8 Å². The third-order valence-corrected chi connectivity index (χ3v) is 2.12. The van der Waals surface area contributed by atoms with Crippen molar-refractivity contribution in [1.82, 2.24) is 5.32 Å². The molecular weight excluding hydrogens is 190 g/mol. The summed E-state index contributed by atoms with van der Waals surface area (Å²) < 4.78 is 5.53. The molecule has 0 aliphatic carbocycles. The fourth-order valence-corrected chi connectivity index (χ4v) is 1.60. The summed E-state index contributed by atoms with van der Waals surface area (Å²) in [6, 6.07) is 0. The summed E-state index contributed by atoms with van der Waals surface area (Å²) in [5.41, 5.74) is 0. The van der Waals surface area contributed by atoms with Crippen molar-refractivity contribution < 1.29 is 9.53 Å². The highest BCUT2D eigenvalue weighted by molar-refractivity contribution is 5.72. The number of nitrogens with one attached hydrogen (secondary N) is 1. The first-order valence-electron chi connectivity index (χ1n) is 5.84. The summed E-state index contributed by atoms with van der Waals surface area (Å²) in [6.07, 6.45) is 2.11. The Kier molecular flexibility index (Phi) is 8.38. The Labute approximate surface area is 93.6 Å². The Hall–Kier alpha value is -0.570. The summed E-state index contributed by atoms with van der Waals surface area (Å²) in [7, 11) is 0. The van der Waals surface area contributed by atoms with Crippen molar-refractivity contribution in [2.45, 2.75) is 40.5 Å². The molecule has 1 N–H and O–H groups in total. The van der Waals surface area contributed by atoms with E-state index >= 15 is 0 Å². The molecule has 0 aliphatic rings. The van der Waals surface area contributed by atoms with Gasteiger partial charge in [0.2, 0.25) is 5.91 Å². The fourth-order valence-electron chi connectivity index (χ4n) is 1.60.